The molecule has 0 aliphatic carbocycles. The summed E-state index contributed by atoms with van der Waals surface area (Å²) in [4.78, 5) is 18.7. The number of nitrogens with zero attached hydrogens (tertiary/aromatic N) is 2. The lowest BCUT2D eigenvalue weighted by molar-refractivity contribution is -0.118. The molecule has 0 bridgehead atoms. The van der Waals surface area contributed by atoms with Gasteiger partial charge < -0.3 is 10.2 Å². The summed E-state index contributed by atoms with van der Waals surface area (Å²) in [5, 5.41) is 2.98. The van der Waals surface area contributed by atoms with Crippen molar-refractivity contribution in [3.05, 3.63) is 24.3 Å². The van der Waals surface area contributed by atoms with Gasteiger partial charge in [0.25, 0.3) is 0 Å². The van der Waals surface area contributed by atoms with Crippen LogP contribution in [0.1, 0.15) is 20.3 Å². The minimum absolute atomic E-state index is 0.0869. The van der Waals surface area contributed by atoms with E-state index in [4.69, 9.17) is 0 Å². The molecule has 6 heteroatoms. The molecule has 2 aromatic rings. The van der Waals surface area contributed by atoms with Crippen LogP contribution in [0, 0.1) is 0 Å². The molecule has 0 radical (unpaired) electrons. The van der Waals surface area contributed by atoms with Crippen molar-refractivity contribution in [2.45, 2.75) is 24.6 Å². The van der Waals surface area contributed by atoms with Gasteiger partial charge in [-0.3, -0.25) is 4.79 Å². The van der Waals surface area contributed by atoms with Gasteiger partial charge in [-0.05, 0) is 38.2 Å². The molecule has 1 amide bonds. The maximum Gasteiger partial charge on any atom is 0.230 e. The van der Waals surface area contributed by atoms with Gasteiger partial charge in [0, 0.05) is 6.54 Å². The number of para-hydroxylation sites is 1. The molecule has 0 aliphatic heterocycles. The number of nitrogens with one attached hydrogen (secondary N) is 1. The third kappa shape index (κ3) is 5.26. The molecular formula is C16H23N3OS2. The van der Waals surface area contributed by atoms with Crippen molar-refractivity contribution in [1.82, 2.24) is 15.2 Å². The number of amides is 1. The van der Waals surface area contributed by atoms with Crippen LogP contribution >= 0.6 is 23.1 Å². The molecule has 1 heterocycles. The lowest BCUT2D eigenvalue weighted by atomic mass is 10.3. The summed E-state index contributed by atoms with van der Waals surface area (Å²) >= 11 is 3.16. The molecule has 1 N–H and O–H groups in total. The van der Waals surface area contributed by atoms with E-state index < -0.39 is 0 Å². The Morgan fingerprint density at radius 3 is 2.82 bits per heavy atom. The number of hydrogen-bond acceptors (Lipinski definition) is 5. The van der Waals surface area contributed by atoms with Crippen LogP contribution in [0.4, 0.5) is 0 Å². The summed E-state index contributed by atoms with van der Waals surface area (Å²) in [6, 6.07) is 8.06. The predicted molar refractivity (Wildman–Crippen MR) is 95.8 cm³/mol. The van der Waals surface area contributed by atoms with Gasteiger partial charge in [0.2, 0.25) is 5.91 Å². The molecule has 0 spiro atoms. The average molecular weight is 338 g/mol. The average Bonchev–Trinajstić information content (AvgIpc) is 2.96. The van der Waals surface area contributed by atoms with Crippen LogP contribution in [0.5, 0.6) is 0 Å². The summed E-state index contributed by atoms with van der Waals surface area (Å²) in [5.74, 6) is 0.522. The maximum atomic E-state index is 11.8. The summed E-state index contributed by atoms with van der Waals surface area (Å²) in [6.45, 7) is 8.25. The highest BCUT2D eigenvalue weighted by molar-refractivity contribution is 8.01. The molecule has 0 atom stereocenters. The van der Waals surface area contributed by atoms with E-state index in [9.17, 15) is 4.79 Å². The largest absolute Gasteiger partial charge is 0.355 e. The second-order valence-electron chi connectivity index (χ2n) is 4.97. The van der Waals surface area contributed by atoms with Crippen molar-refractivity contribution in [1.29, 1.82) is 0 Å². The van der Waals surface area contributed by atoms with Gasteiger partial charge in [-0.25, -0.2) is 4.98 Å². The quantitative estimate of drug-likeness (QED) is 0.564. The molecule has 4 nitrogen and oxygen atoms in total. The normalized spacial score (nSPS) is 11.2. The fourth-order valence-corrected chi connectivity index (χ4v) is 4.06. The van der Waals surface area contributed by atoms with E-state index in [1.54, 1.807) is 11.3 Å². The number of hydrogen-bond donors (Lipinski definition) is 1. The number of aromatic nitrogens is 1. The van der Waals surface area contributed by atoms with E-state index >= 15 is 0 Å². The standard InChI is InChI=1S/C16H23N3OS2/c1-3-19(4-2)11-7-10-17-15(20)12-21-16-18-13-8-5-6-9-14(13)22-16/h5-6,8-9H,3-4,7,10-12H2,1-2H3,(H,17,20). The minimum atomic E-state index is 0.0869. The fraction of sp³-hybridized carbons (Fsp3) is 0.500. The number of benzene rings is 1. The second-order valence-corrected chi connectivity index (χ2v) is 7.22. The van der Waals surface area contributed by atoms with E-state index in [1.807, 2.05) is 18.2 Å². The first-order valence-electron chi connectivity index (χ1n) is 7.70. The number of carbonyl (C=O) groups excluding carboxylic acids is 1. The zero-order valence-electron chi connectivity index (χ0n) is 13.2. The van der Waals surface area contributed by atoms with Gasteiger partial charge in [-0.15, -0.1) is 11.3 Å². The SMILES string of the molecule is CCN(CC)CCCNC(=O)CSc1nc2ccccc2s1. The smallest absolute Gasteiger partial charge is 0.230 e. The van der Waals surface area contributed by atoms with E-state index in [0.717, 1.165) is 42.5 Å². The van der Waals surface area contributed by atoms with Crippen molar-refractivity contribution < 1.29 is 4.79 Å². The highest BCUT2D eigenvalue weighted by Crippen LogP contribution is 2.28. The number of carbonyl (C=O) groups is 1. The van der Waals surface area contributed by atoms with Crippen molar-refractivity contribution in [3.63, 3.8) is 0 Å². The van der Waals surface area contributed by atoms with Gasteiger partial charge in [0.05, 0.1) is 16.0 Å². The number of rotatable bonds is 9. The van der Waals surface area contributed by atoms with Gasteiger partial charge >= 0.3 is 0 Å². The summed E-state index contributed by atoms with van der Waals surface area (Å²) < 4.78 is 2.13. The Hall–Kier alpha value is -1.11. The van der Waals surface area contributed by atoms with E-state index in [0.29, 0.717) is 5.75 Å². The summed E-state index contributed by atoms with van der Waals surface area (Å²) in [5.41, 5.74) is 1.01. The molecule has 1 aromatic carbocycles. The third-order valence-electron chi connectivity index (χ3n) is 3.47. The topological polar surface area (TPSA) is 45.2 Å². The molecule has 120 valence electrons. The maximum absolute atomic E-state index is 11.8. The van der Waals surface area contributed by atoms with Gasteiger partial charge in [-0.1, -0.05) is 37.7 Å². The predicted octanol–water partition coefficient (Wildman–Crippen LogP) is 3.24. The molecule has 22 heavy (non-hydrogen) atoms. The Kier molecular flexibility index (Phi) is 7.15. The zero-order chi connectivity index (χ0) is 15.8. The molecular weight excluding hydrogens is 314 g/mol. The van der Waals surface area contributed by atoms with Crippen molar-refractivity contribution in [2.24, 2.45) is 0 Å². The number of fused-ring (bicyclic) bond motifs is 1. The molecule has 1 aromatic heterocycles. The third-order valence-corrected chi connectivity index (χ3v) is 5.65. The van der Waals surface area contributed by atoms with Gasteiger partial charge in [0.15, 0.2) is 4.34 Å². The van der Waals surface area contributed by atoms with Crippen LogP contribution < -0.4 is 5.32 Å². The Bertz CT molecular complexity index is 563. The Balaban J connectivity index is 1.67. The van der Waals surface area contributed by atoms with Crippen molar-refractivity contribution >= 4 is 39.2 Å². The first-order valence-corrected chi connectivity index (χ1v) is 9.50. The van der Waals surface area contributed by atoms with Gasteiger partial charge in [0.1, 0.15) is 0 Å². The summed E-state index contributed by atoms with van der Waals surface area (Å²) in [6.07, 6.45) is 0.999. The molecule has 0 fully saturated rings. The van der Waals surface area contributed by atoms with Crippen LogP contribution in [0.25, 0.3) is 10.2 Å². The fourth-order valence-electron chi connectivity index (χ4n) is 2.16. The number of thiazole rings is 1. The molecule has 2 rings (SSSR count). The molecule has 0 saturated carbocycles. The van der Waals surface area contributed by atoms with Crippen LogP contribution in [0.15, 0.2) is 28.6 Å². The van der Waals surface area contributed by atoms with E-state index in [2.05, 4.69) is 35.1 Å². The minimum Gasteiger partial charge on any atom is -0.355 e. The van der Waals surface area contributed by atoms with Crippen molar-refractivity contribution in [2.75, 3.05) is 31.9 Å². The monoisotopic (exact) mass is 337 g/mol. The molecule has 0 saturated heterocycles. The lowest BCUT2D eigenvalue weighted by Crippen LogP contribution is -2.30. The Morgan fingerprint density at radius 1 is 1.32 bits per heavy atom. The van der Waals surface area contributed by atoms with Crippen LogP contribution in [-0.2, 0) is 4.79 Å². The second kappa shape index (κ2) is 9.12. The van der Waals surface area contributed by atoms with Crippen LogP contribution in [0.3, 0.4) is 0 Å². The first kappa shape index (κ1) is 17.2. The van der Waals surface area contributed by atoms with E-state index in [1.165, 1.54) is 16.5 Å². The Labute approximate surface area is 140 Å². The highest BCUT2D eigenvalue weighted by Gasteiger charge is 2.07. The first-order chi connectivity index (χ1) is 10.7. The molecule has 0 aliphatic rings. The molecule has 0 unspecified atom stereocenters. The van der Waals surface area contributed by atoms with Crippen LogP contribution in [-0.4, -0.2) is 47.7 Å². The summed E-state index contributed by atoms with van der Waals surface area (Å²) in [7, 11) is 0. The van der Waals surface area contributed by atoms with Crippen LogP contribution in [0.2, 0.25) is 0 Å². The lowest BCUT2D eigenvalue weighted by Gasteiger charge is -2.17. The highest BCUT2D eigenvalue weighted by atomic mass is 32.2. The van der Waals surface area contributed by atoms with E-state index in [-0.39, 0.29) is 5.91 Å². The number of thioether (sulfide) groups is 1. The van der Waals surface area contributed by atoms with Gasteiger partial charge in [-0.2, -0.15) is 0 Å². The van der Waals surface area contributed by atoms with Crippen molar-refractivity contribution in [3.8, 4) is 0 Å². The Morgan fingerprint density at radius 2 is 2.09 bits per heavy atom. The zero-order valence-corrected chi connectivity index (χ0v) is 14.8.